The van der Waals surface area contributed by atoms with Gasteiger partial charge in [-0.3, -0.25) is 0 Å². The first-order valence-corrected chi connectivity index (χ1v) is 3.98. The Kier molecular flexibility index (Phi) is 1.71. The van der Waals surface area contributed by atoms with Gasteiger partial charge in [0.2, 0.25) is 0 Å². The lowest BCUT2D eigenvalue weighted by molar-refractivity contribution is 1.32. The summed E-state index contributed by atoms with van der Waals surface area (Å²) in [5.41, 5.74) is 5.38. The number of anilines is 1. The Bertz CT molecular complexity index is 176. The third-order valence-electron chi connectivity index (χ3n) is 0.757. The van der Waals surface area contributed by atoms with Crippen molar-refractivity contribution in [2.24, 2.45) is 0 Å². The van der Waals surface area contributed by atoms with E-state index in [9.17, 15) is 0 Å². The number of nitrogens with two attached hydrogens (primary N) is 1. The summed E-state index contributed by atoms with van der Waals surface area (Å²) < 4.78 is 1.02. The highest BCUT2D eigenvalue weighted by molar-refractivity contribution is 14.1. The molecule has 0 aliphatic heterocycles. The molecule has 0 fully saturated rings. The Morgan fingerprint density at radius 1 is 1.75 bits per heavy atom. The van der Waals surface area contributed by atoms with Gasteiger partial charge in [0.1, 0.15) is 3.70 Å². The summed E-state index contributed by atoms with van der Waals surface area (Å²) in [5.74, 6) is 0. The fourth-order valence-corrected chi connectivity index (χ4v) is 1.73. The lowest BCUT2D eigenvalue weighted by Gasteiger charge is -1.74. The van der Waals surface area contributed by atoms with E-state index in [2.05, 4.69) is 27.6 Å². The van der Waals surface area contributed by atoms with Crippen molar-refractivity contribution in [2.75, 3.05) is 5.73 Å². The van der Waals surface area contributed by atoms with E-state index < -0.39 is 0 Å². The van der Waals surface area contributed by atoms with Crippen molar-refractivity contribution in [1.82, 2.24) is 4.98 Å². The van der Waals surface area contributed by atoms with E-state index >= 15 is 0 Å². The molecule has 2 N–H and O–H groups in total. The summed E-state index contributed by atoms with van der Waals surface area (Å²) in [6, 6.07) is 0. The van der Waals surface area contributed by atoms with Gasteiger partial charge in [-0.1, -0.05) is 0 Å². The van der Waals surface area contributed by atoms with E-state index in [1.54, 1.807) is 0 Å². The minimum Gasteiger partial charge on any atom is -0.375 e. The van der Waals surface area contributed by atoms with Gasteiger partial charge in [-0.15, -0.1) is 11.3 Å². The highest BCUT2D eigenvalue weighted by atomic mass is 127. The van der Waals surface area contributed by atoms with E-state index in [-0.39, 0.29) is 0 Å². The highest BCUT2D eigenvalue weighted by Gasteiger charge is 1.98. The second kappa shape index (κ2) is 2.18. The van der Waals surface area contributed by atoms with Crippen molar-refractivity contribution in [3.05, 3.63) is 8.58 Å². The molecule has 0 radical (unpaired) electrons. The standard InChI is InChI=1S/C4H5IN2S/c1-2-3(5)7-4(6)8-2/h1H3,(H2,6,7). The van der Waals surface area contributed by atoms with E-state index in [0.29, 0.717) is 5.13 Å². The summed E-state index contributed by atoms with van der Waals surface area (Å²) in [4.78, 5) is 5.19. The second-order valence-corrected chi connectivity index (χ2v) is 3.66. The molecule has 1 rings (SSSR count). The Morgan fingerprint density at radius 3 is 2.50 bits per heavy atom. The summed E-state index contributed by atoms with van der Waals surface area (Å²) >= 11 is 3.69. The topological polar surface area (TPSA) is 38.9 Å². The quantitative estimate of drug-likeness (QED) is 0.700. The molecule has 1 aromatic heterocycles. The third-order valence-corrected chi connectivity index (χ3v) is 2.97. The number of hydrogen-bond donors (Lipinski definition) is 1. The molecule has 1 heterocycles. The molecule has 0 aliphatic rings. The zero-order chi connectivity index (χ0) is 6.15. The number of thiazole rings is 1. The van der Waals surface area contributed by atoms with Crippen molar-refractivity contribution < 1.29 is 0 Å². The first-order valence-electron chi connectivity index (χ1n) is 2.08. The summed E-state index contributed by atoms with van der Waals surface area (Å²) in [7, 11) is 0. The SMILES string of the molecule is Cc1sc(N)nc1I. The average molecular weight is 240 g/mol. The van der Waals surface area contributed by atoms with Gasteiger partial charge in [-0.25, -0.2) is 4.98 Å². The van der Waals surface area contributed by atoms with Crippen LogP contribution in [0.3, 0.4) is 0 Å². The van der Waals surface area contributed by atoms with Crippen molar-refractivity contribution >= 4 is 39.1 Å². The molecule has 0 saturated carbocycles. The van der Waals surface area contributed by atoms with E-state index in [1.165, 1.54) is 16.2 Å². The van der Waals surface area contributed by atoms with Crippen LogP contribution >= 0.6 is 33.9 Å². The molecule has 0 saturated heterocycles. The Balaban J connectivity index is 3.14. The molecule has 2 nitrogen and oxygen atoms in total. The fourth-order valence-electron chi connectivity index (χ4n) is 0.397. The predicted octanol–water partition coefficient (Wildman–Crippen LogP) is 1.64. The van der Waals surface area contributed by atoms with Crippen molar-refractivity contribution in [3.63, 3.8) is 0 Å². The number of aryl methyl sites for hydroxylation is 1. The molecular formula is C4H5IN2S. The molecule has 0 spiro atoms. The molecule has 0 aliphatic carbocycles. The fraction of sp³-hybridized carbons (Fsp3) is 0.250. The van der Waals surface area contributed by atoms with Crippen LogP contribution in [0.4, 0.5) is 5.13 Å². The first kappa shape index (κ1) is 6.28. The monoisotopic (exact) mass is 240 g/mol. The lowest BCUT2D eigenvalue weighted by atomic mass is 10.7. The lowest BCUT2D eigenvalue weighted by Crippen LogP contribution is -1.80. The maximum atomic E-state index is 5.38. The van der Waals surface area contributed by atoms with Gasteiger partial charge >= 0.3 is 0 Å². The highest BCUT2D eigenvalue weighted by Crippen LogP contribution is 2.19. The molecule has 44 valence electrons. The first-order chi connectivity index (χ1) is 3.70. The van der Waals surface area contributed by atoms with Crippen LogP contribution in [0.15, 0.2) is 0 Å². The van der Waals surface area contributed by atoms with Gasteiger partial charge in [0.15, 0.2) is 5.13 Å². The minimum absolute atomic E-state index is 0.659. The molecular weight excluding hydrogens is 235 g/mol. The Morgan fingerprint density at radius 2 is 2.38 bits per heavy atom. The second-order valence-electron chi connectivity index (χ2n) is 1.40. The van der Waals surface area contributed by atoms with Gasteiger partial charge in [0.05, 0.1) is 0 Å². The third kappa shape index (κ3) is 1.11. The minimum atomic E-state index is 0.659. The normalized spacial score (nSPS) is 9.75. The molecule has 0 atom stereocenters. The predicted molar refractivity (Wildman–Crippen MR) is 44.0 cm³/mol. The van der Waals surface area contributed by atoms with E-state index in [4.69, 9.17) is 5.73 Å². The van der Waals surface area contributed by atoms with Gasteiger partial charge in [0.25, 0.3) is 0 Å². The number of hydrogen-bond acceptors (Lipinski definition) is 3. The number of rotatable bonds is 0. The molecule has 0 amide bonds. The van der Waals surface area contributed by atoms with Crippen molar-refractivity contribution in [2.45, 2.75) is 6.92 Å². The molecule has 4 heteroatoms. The van der Waals surface area contributed by atoms with Crippen LogP contribution in [0.2, 0.25) is 0 Å². The Hall–Kier alpha value is 0.160. The summed E-state index contributed by atoms with van der Waals surface area (Å²) in [6.45, 7) is 2.01. The van der Waals surface area contributed by atoms with Gasteiger partial charge in [-0.2, -0.15) is 0 Å². The zero-order valence-corrected chi connectivity index (χ0v) is 7.28. The van der Waals surface area contributed by atoms with Crippen LogP contribution in [0.1, 0.15) is 4.88 Å². The molecule has 1 aromatic rings. The van der Waals surface area contributed by atoms with Crippen LogP contribution in [0.25, 0.3) is 0 Å². The van der Waals surface area contributed by atoms with Crippen LogP contribution < -0.4 is 5.73 Å². The number of aromatic nitrogens is 1. The van der Waals surface area contributed by atoms with E-state index in [0.717, 1.165) is 3.70 Å². The summed E-state index contributed by atoms with van der Waals surface area (Å²) in [5, 5.41) is 0.659. The number of nitrogen functional groups attached to an aromatic ring is 1. The van der Waals surface area contributed by atoms with Crippen LogP contribution in [0.5, 0.6) is 0 Å². The average Bonchev–Trinajstić information content (AvgIpc) is 1.85. The molecule has 0 bridgehead atoms. The number of nitrogens with zero attached hydrogens (tertiary/aromatic N) is 1. The molecule has 0 unspecified atom stereocenters. The summed E-state index contributed by atoms with van der Waals surface area (Å²) in [6.07, 6.45) is 0. The van der Waals surface area contributed by atoms with Gasteiger partial charge < -0.3 is 5.73 Å². The smallest absolute Gasteiger partial charge is 0.181 e. The maximum Gasteiger partial charge on any atom is 0.181 e. The maximum absolute atomic E-state index is 5.38. The molecule has 0 aromatic carbocycles. The van der Waals surface area contributed by atoms with E-state index in [1.807, 2.05) is 6.92 Å². The number of halogens is 1. The van der Waals surface area contributed by atoms with Crippen LogP contribution in [-0.2, 0) is 0 Å². The van der Waals surface area contributed by atoms with Gasteiger partial charge in [-0.05, 0) is 29.5 Å². The van der Waals surface area contributed by atoms with Crippen LogP contribution in [0, 0.1) is 10.6 Å². The molecule has 8 heavy (non-hydrogen) atoms. The van der Waals surface area contributed by atoms with Crippen LogP contribution in [-0.4, -0.2) is 4.98 Å². The van der Waals surface area contributed by atoms with Crippen molar-refractivity contribution in [1.29, 1.82) is 0 Å². The van der Waals surface area contributed by atoms with Crippen molar-refractivity contribution in [3.8, 4) is 0 Å². The Labute approximate surface area is 65.3 Å². The largest absolute Gasteiger partial charge is 0.375 e. The zero-order valence-electron chi connectivity index (χ0n) is 4.31. The van der Waals surface area contributed by atoms with Gasteiger partial charge in [0, 0.05) is 4.88 Å².